The maximum absolute atomic E-state index is 12.4. The monoisotopic (exact) mass is 259 g/mol. The van der Waals surface area contributed by atoms with Crippen LogP contribution in [0.25, 0.3) is 0 Å². The summed E-state index contributed by atoms with van der Waals surface area (Å²) in [6, 6.07) is 8.48. The molecule has 2 heteroatoms. The van der Waals surface area contributed by atoms with E-state index in [-0.39, 0.29) is 12.0 Å². The van der Waals surface area contributed by atoms with Crippen molar-refractivity contribution in [2.24, 2.45) is 11.7 Å². The number of carbonyl (C=O) groups excluding carboxylic acids is 1. The Balaban J connectivity index is 1.98. The average Bonchev–Trinajstić information content (AvgIpc) is 2.64. The molecule has 19 heavy (non-hydrogen) atoms. The predicted molar refractivity (Wildman–Crippen MR) is 79.1 cm³/mol. The van der Waals surface area contributed by atoms with Gasteiger partial charge in [-0.3, -0.25) is 4.79 Å². The van der Waals surface area contributed by atoms with Crippen LogP contribution in [-0.2, 0) is 17.6 Å². The summed E-state index contributed by atoms with van der Waals surface area (Å²) in [4.78, 5) is 12.4. The number of hydrogen-bond acceptors (Lipinski definition) is 2. The number of nitrogens with two attached hydrogens (primary N) is 1. The second-order valence-electron chi connectivity index (χ2n) is 5.72. The van der Waals surface area contributed by atoms with Gasteiger partial charge in [0.15, 0.2) is 0 Å². The van der Waals surface area contributed by atoms with Gasteiger partial charge < -0.3 is 5.73 Å². The van der Waals surface area contributed by atoms with Crippen molar-refractivity contribution < 1.29 is 4.79 Å². The second kappa shape index (κ2) is 6.85. The van der Waals surface area contributed by atoms with Crippen LogP contribution in [0.4, 0.5) is 0 Å². The molecule has 104 valence electrons. The lowest BCUT2D eigenvalue weighted by atomic mass is 9.88. The van der Waals surface area contributed by atoms with Crippen molar-refractivity contribution in [2.45, 2.75) is 57.9 Å². The van der Waals surface area contributed by atoms with Crippen molar-refractivity contribution in [3.05, 3.63) is 35.4 Å². The predicted octanol–water partition coefficient (Wildman–Crippen LogP) is 3.27. The van der Waals surface area contributed by atoms with Gasteiger partial charge in [-0.15, -0.1) is 0 Å². The third-order valence-corrected chi connectivity index (χ3v) is 4.29. The summed E-state index contributed by atoms with van der Waals surface area (Å²) in [5, 5.41) is 0. The van der Waals surface area contributed by atoms with E-state index in [1.165, 1.54) is 18.4 Å². The zero-order valence-corrected chi connectivity index (χ0v) is 11.9. The summed E-state index contributed by atoms with van der Waals surface area (Å²) in [5.74, 6) is 0.409. The molecule has 0 saturated heterocycles. The van der Waals surface area contributed by atoms with Gasteiger partial charge in [0.1, 0.15) is 5.78 Å². The van der Waals surface area contributed by atoms with Gasteiger partial charge in [0.2, 0.25) is 0 Å². The van der Waals surface area contributed by atoms with Crippen molar-refractivity contribution in [3.8, 4) is 0 Å². The first-order valence-electron chi connectivity index (χ1n) is 7.57. The van der Waals surface area contributed by atoms with E-state index < -0.39 is 0 Å². The number of aryl methyl sites for hydroxylation is 1. The van der Waals surface area contributed by atoms with E-state index >= 15 is 0 Å². The topological polar surface area (TPSA) is 43.1 Å². The highest BCUT2D eigenvalue weighted by Gasteiger charge is 2.26. The molecule has 2 unspecified atom stereocenters. The Morgan fingerprint density at radius 1 is 1.11 bits per heavy atom. The van der Waals surface area contributed by atoms with E-state index in [0.717, 1.165) is 31.2 Å². The number of carbonyl (C=O) groups is 1. The minimum Gasteiger partial charge on any atom is -0.327 e. The molecule has 1 aliphatic carbocycles. The summed E-state index contributed by atoms with van der Waals surface area (Å²) >= 11 is 0. The van der Waals surface area contributed by atoms with E-state index in [1.54, 1.807) is 0 Å². The van der Waals surface area contributed by atoms with Crippen LogP contribution in [0.3, 0.4) is 0 Å². The Hall–Kier alpha value is -1.15. The molecule has 1 aromatic rings. The maximum atomic E-state index is 12.4. The summed E-state index contributed by atoms with van der Waals surface area (Å²) in [7, 11) is 0. The van der Waals surface area contributed by atoms with Crippen LogP contribution in [0.2, 0.25) is 0 Å². The molecule has 0 aromatic heterocycles. The lowest BCUT2D eigenvalue weighted by Gasteiger charge is -2.20. The molecule has 0 spiro atoms. The van der Waals surface area contributed by atoms with Crippen LogP contribution in [0.15, 0.2) is 24.3 Å². The van der Waals surface area contributed by atoms with E-state index in [9.17, 15) is 4.79 Å². The molecule has 2 N–H and O–H groups in total. The average molecular weight is 259 g/mol. The first-order chi connectivity index (χ1) is 9.20. The van der Waals surface area contributed by atoms with Crippen molar-refractivity contribution in [1.29, 1.82) is 0 Å². The third-order valence-electron chi connectivity index (χ3n) is 4.29. The molecule has 0 radical (unpaired) electrons. The summed E-state index contributed by atoms with van der Waals surface area (Å²) in [6.07, 6.45) is 7.13. The lowest BCUT2D eigenvalue weighted by Crippen LogP contribution is -2.35. The highest BCUT2D eigenvalue weighted by atomic mass is 16.1. The fraction of sp³-hybridized carbons (Fsp3) is 0.588. The summed E-state index contributed by atoms with van der Waals surface area (Å²) in [5.41, 5.74) is 8.60. The molecule has 2 atom stereocenters. The molecular formula is C17H25NO. The molecule has 0 amide bonds. The van der Waals surface area contributed by atoms with Gasteiger partial charge in [0.05, 0.1) is 0 Å². The normalized spacial score (nSPS) is 23.9. The number of benzene rings is 1. The van der Waals surface area contributed by atoms with Crippen LogP contribution in [0.1, 0.15) is 50.2 Å². The number of rotatable bonds is 4. The first kappa shape index (κ1) is 14.3. The van der Waals surface area contributed by atoms with Crippen molar-refractivity contribution in [2.75, 3.05) is 0 Å². The highest BCUT2D eigenvalue weighted by Crippen LogP contribution is 2.24. The van der Waals surface area contributed by atoms with E-state index in [0.29, 0.717) is 12.2 Å². The molecule has 1 saturated carbocycles. The van der Waals surface area contributed by atoms with Crippen LogP contribution in [0, 0.1) is 5.92 Å². The molecule has 1 aromatic carbocycles. The standard InChI is InChI=1S/C17H25NO/c1-2-13-8-10-14(11-9-13)12-17(19)15-6-4-3-5-7-16(15)18/h8-11,15-16H,2-7,12,18H2,1H3. The Labute approximate surface area is 116 Å². The van der Waals surface area contributed by atoms with Gasteiger partial charge in [-0.1, -0.05) is 50.5 Å². The molecular weight excluding hydrogens is 234 g/mol. The fourth-order valence-corrected chi connectivity index (χ4v) is 2.96. The Bertz CT molecular complexity index is 410. The second-order valence-corrected chi connectivity index (χ2v) is 5.72. The van der Waals surface area contributed by atoms with Gasteiger partial charge in [-0.05, 0) is 30.4 Å². The zero-order valence-electron chi connectivity index (χ0n) is 11.9. The number of ketones is 1. The van der Waals surface area contributed by atoms with Crippen LogP contribution < -0.4 is 5.73 Å². The van der Waals surface area contributed by atoms with E-state index in [4.69, 9.17) is 5.73 Å². The minimum absolute atomic E-state index is 0.0740. The van der Waals surface area contributed by atoms with Crippen LogP contribution in [-0.4, -0.2) is 11.8 Å². The lowest BCUT2D eigenvalue weighted by molar-refractivity contribution is -0.123. The minimum atomic E-state index is 0.0740. The van der Waals surface area contributed by atoms with Crippen LogP contribution in [0.5, 0.6) is 0 Å². The van der Waals surface area contributed by atoms with Crippen molar-refractivity contribution in [1.82, 2.24) is 0 Å². The Kier molecular flexibility index (Phi) is 5.15. The van der Waals surface area contributed by atoms with E-state index in [2.05, 4.69) is 31.2 Å². The molecule has 0 aliphatic heterocycles. The molecule has 2 nitrogen and oxygen atoms in total. The van der Waals surface area contributed by atoms with Gasteiger partial charge in [-0.25, -0.2) is 0 Å². The van der Waals surface area contributed by atoms with Gasteiger partial charge in [0.25, 0.3) is 0 Å². The third kappa shape index (κ3) is 3.90. The SMILES string of the molecule is CCc1ccc(CC(=O)C2CCCCCC2N)cc1. The smallest absolute Gasteiger partial charge is 0.141 e. The molecule has 0 bridgehead atoms. The molecule has 1 aliphatic rings. The molecule has 0 heterocycles. The largest absolute Gasteiger partial charge is 0.327 e. The van der Waals surface area contributed by atoms with Gasteiger partial charge >= 0.3 is 0 Å². The Morgan fingerprint density at radius 2 is 1.74 bits per heavy atom. The summed E-state index contributed by atoms with van der Waals surface area (Å²) < 4.78 is 0. The first-order valence-corrected chi connectivity index (χ1v) is 7.57. The van der Waals surface area contributed by atoms with E-state index in [1.807, 2.05) is 0 Å². The van der Waals surface area contributed by atoms with Gasteiger partial charge in [0, 0.05) is 18.4 Å². The highest BCUT2D eigenvalue weighted by molar-refractivity contribution is 5.84. The number of Topliss-reactive ketones (excluding diaryl/α,β-unsaturated/α-hetero) is 1. The molecule has 1 fully saturated rings. The quantitative estimate of drug-likeness (QED) is 0.843. The summed E-state index contributed by atoms with van der Waals surface area (Å²) in [6.45, 7) is 2.14. The number of hydrogen-bond donors (Lipinski definition) is 1. The van der Waals surface area contributed by atoms with Gasteiger partial charge in [-0.2, -0.15) is 0 Å². The van der Waals surface area contributed by atoms with Crippen LogP contribution >= 0.6 is 0 Å². The maximum Gasteiger partial charge on any atom is 0.141 e. The van der Waals surface area contributed by atoms with Crippen molar-refractivity contribution in [3.63, 3.8) is 0 Å². The molecule has 2 rings (SSSR count). The fourth-order valence-electron chi connectivity index (χ4n) is 2.96. The van der Waals surface area contributed by atoms with Crippen molar-refractivity contribution >= 4 is 5.78 Å². The zero-order chi connectivity index (χ0) is 13.7. The Morgan fingerprint density at radius 3 is 2.42 bits per heavy atom.